The third-order valence-corrected chi connectivity index (χ3v) is 2.72. The molecule has 2 N–H and O–H groups in total. The molecule has 0 fully saturated rings. The SMILES string of the molecule is CC(C)Cc1cc(Oc2ccccc2)ccc1N. The molecule has 0 amide bonds. The molecule has 0 bridgehead atoms. The molecule has 0 aliphatic heterocycles. The maximum Gasteiger partial charge on any atom is 0.127 e. The highest BCUT2D eigenvalue weighted by molar-refractivity contribution is 5.51. The standard InChI is InChI=1S/C16H19NO/c1-12(2)10-13-11-15(8-9-16(13)17)18-14-6-4-3-5-7-14/h3-9,11-12H,10,17H2,1-2H3. The highest BCUT2D eigenvalue weighted by Gasteiger charge is 2.05. The van der Waals surface area contributed by atoms with Crippen molar-refractivity contribution >= 4 is 5.69 Å². The first kappa shape index (κ1) is 12.5. The second kappa shape index (κ2) is 5.58. The molecule has 2 aromatic carbocycles. The van der Waals surface area contributed by atoms with Crippen LogP contribution in [0.5, 0.6) is 11.5 Å². The van der Waals surface area contributed by atoms with Gasteiger partial charge in [0.25, 0.3) is 0 Å². The van der Waals surface area contributed by atoms with E-state index in [-0.39, 0.29) is 0 Å². The number of nitrogens with two attached hydrogens (primary N) is 1. The molecule has 0 saturated heterocycles. The summed E-state index contributed by atoms with van der Waals surface area (Å²) in [6.45, 7) is 4.37. The summed E-state index contributed by atoms with van der Waals surface area (Å²) in [6, 6.07) is 15.6. The molecule has 2 rings (SSSR count). The van der Waals surface area contributed by atoms with E-state index in [0.717, 1.165) is 29.2 Å². The van der Waals surface area contributed by atoms with Crippen LogP contribution in [0.25, 0.3) is 0 Å². The van der Waals surface area contributed by atoms with Crippen LogP contribution in [-0.4, -0.2) is 0 Å². The zero-order chi connectivity index (χ0) is 13.0. The van der Waals surface area contributed by atoms with Crippen LogP contribution in [0.4, 0.5) is 5.69 Å². The number of hydrogen-bond donors (Lipinski definition) is 1. The van der Waals surface area contributed by atoms with Gasteiger partial charge in [-0.2, -0.15) is 0 Å². The second-order valence-corrected chi connectivity index (χ2v) is 4.87. The van der Waals surface area contributed by atoms with Gasteiger partial charge in [0, 0.05) is 5.69 Å². The Kier molecular flexibility index (Phi) is 3.88. The number of rotatable bonds is 4. The van der Waals surface area contributed by atoms with E-state index in [4.69, 9.17) is 10.5 Å². The zero-order valence-electron chi connectivity index (χ0n) is 10.9. The number of anilines is 1. The number of benzene rings is 2. The van der Waals surface area contributed by atoms with Gasteiger partial charge < -0.3 is 10.5 Å². The maximum absolute atomic E-state index is 5.98. The van der Waals surface area contributed by atoms with Gasteiger partial charge in [-0.15, -0.1) is 0 Å². The molecule has 2 nitrogen and oxygen atoms in total. The molecule has 2 aromatic rings. The Bertz CT molecular complexity index is 506. The molecule has 0 heterocycles. The minimum Gasteiger partial charge on any atom is -0.457 e. The summed E-state index contributed by atoms with van der Waals surface area (Å²) < 4.78 is 5.80. The van der Waals surface area contributed by atoms with Gasteiger partial charge in [0.2, 0.25) is 0 Å². The quantitative estimate of drug-likeness (QED) is 0.812. The average Bonchev–Trinajstić information content (AvgIpc) is 2.34. The van der Waals surface area contributed by atoms with Crippen LogP contribution >= 0.6 is 0 Å². The van der Waals surface area contributed by atoms with Crippen LogP contribution in [0.3, 0.4) is 0 Å². The first-order chi connectivity index (χ1) is 8.65. The Labute approximate surface area is 108 Å². The minimum absolute atomic E-state index is 0.583. The largest absolute Gasteiger partial charge is 0.457 e. The highest BCUT2D eigenvalue weighted by atomic mass is 16.5. The normalized spacial score (nSPS) is 10.6. The Hall–Kier alpha value is -1.96. The fraction of sp³-hybridized carbons (Fsp3) is 0.250. The summed E-state index contributed by atoms with van der Waals surface area (Å²) in [7, 11) is 0. The van der Waals surface area contributed by atoms with Gasteiger partial charge in [-0.05, 0) is 48.2 Å². The van der Waals surface area contributed by atoms with Crippen molar-refractivity contribution in [3.8, 4) is 11.5 Å². The fourth-order valence-corrected chi connectivity index (χ4v) is 1.89. The third-order valence-electron chi connectivity index (χ3n) is 2.72. The number of nitrogen functional groups attached to an aromatic ring is 1. The van der Waals surface area contributed by atoms with Gasteiger partial charge in [0.15, 0.2) is 0 Å². The van der Waals surface area contributed by atoms with Gasteiger partial charge in [-0.1, -0.05) is 32.0 Å². The monoisotopic (exact) mass is 241 g/mol. The van der Waals surface area contributed by atoms with Crippen LogP contribution in [0.1, 0.15) is 19.4 Å². The van der Waals surface area contributed by atoms with E-state index >= 15 is 0 Å². The number of hydrogen-bond acceptors (Lipinski definition) is 2. The molecule has 0 saturated carbocycles. The zero-order valence-corrected chi connectivity index (χ0v) is 10.9. The van der Waals surface area contributed by atoms with E-state index in [0.29, 0.717) is 5.92 Å². The van der Waals surface area contributed by atoms with Gasteiger partial charge >= 0.3 is 0 Å². The predicted molar refractivity (Wildman–Crippen MR) is 75.9 cm³/mol. The smallest absolute Gasteiger partial charge is 0.127 e. The van der Waals surface area contributed by atoms with E-state index in [2.05, 4.69) is 13.8 Å². The summed E-state index contributed by atoms with van der Waals surface area (Å²) >= 11 is 0. The topological polar surface area (TPSA) is 35.2 Å². The van der Waals surface area contributed by atoms with Crippen LogP contribution in [-0.2, 0) is 6.42 Å². The van der Waals surface area contributed by atoms with Gasteiger partial charge in [0.1, 0.15) is 11.5 Å². The van der Waals surface area contributed by atoms with Crippen molar-refractivity contribution in [2.24, 2.45) is 5.92 Å². The summed E-state index contributed by atoms with van der Waals surface area (Å²) in [5, 5.41) is 0. The van der Waals surface area contributed by atoms with E-state index in [1.807, 2.05) is 48.5 Å². The van der Waals surface area contributed by atoms with Gasteiger partial charge in [-0.3, -0.25) is 0 Å². The predicted octanol–water partition coefficient (Wildman–Crippen LogP) is 4.26. The molecule has 2 heteroatoms. The van der Waals surface area contributed by atoms with Crippen LogP contribution in [0.15, 0.2) is 48.5 Å². The van der Waals surface area contributed by atoms with Crippen molar-refractivity contribution in [2.45, 2.75) is 20.3 Å². The first-order valence-electron chi connectivity index (χ1n) is 6.26. The van der Waals surface area contributed by atoms with Crippen molar-refractivity contribution < 1.29 is 4.74 Å². The molecular weight excluding hydrogens is 222 g/mol. The first-order valence-corrected chi connectivity index (χ1v) is 6.26. The fourth-order valence-electron chi connectivity index (χ4n) is 1.89. The Balaban J connectivity index is 2.19. The highest BCUT2D eigenvalue weighted by Crippen LogP contribution is 2.26. The van der Waals surface area contributed by atoms with Crippen LogP contribution in [0, 0.1) is 5.92 Å². The molecule has 0 aliphatic carbocycles. The van der Waals surface area contributed by atoms with E-state index in [1.54, 1.807) is 0 Å². The lowest BCUT2D eigenvalue weighted by atomic mass is 10.0. The molecular formula is C16H19NO. The average molecular weight is 241 g/mol. The second-order valence-electron chi connectivity index (χ2n) is 4.87. The lowest BCUT2D eigenvalue weighted by Crippen LogP contribution is -2.00. The molecule has 0 aliphatic rings. The molecule has 94 valence electrons. The Morgan fingerprint density at radius 2 is 1.72 bits per heavy atom. The molecule has 0 unspecified atom stereocenters. The maximum atomic E-state index is 5.98. The summed E-state index contributed by atoms with van der Waals surface area (Å²) in [4.78, 5) is 0. The minimum atomic E-state index is 0.583. The molecule has 18 heavy (non-hydrogen) atoms. The lowest BCUT2D eigenvalue weighted by Gasteiger charge is -2.11. The number of ether oxygens (including phenoxy) is 1. The summed E-state index contributed by atoms with van der Waals surface area (Å²) in [5.41, 5.74) is 7.96. The van der Waals surface area contributed by atoms with E-state index in [1.165, 1.54) is 0 Å². The lowest BCUT2D eigenvalue weighted by molar-refractivity contribution is 0.481. The van der Waals surface area contributed by atoms with Crippen molar-refractivity contribution in [3.05, 3.63) is 54.1 Å². The van der Waals surface area contributed by atoms with Crippen LogP contribution < -0.4 is 10.5 Å². The van der Waals surface area contributed by atoms with E-state index in [9.17, 15) is 0 Å². The molecule has 0 spiro atoms. The number of para-hydroxylation sites is 1. The Morgan fingerprint density at radius 3 is 2.39 bits per heavy atom. The van der Waals surface area contributed by atoms with Crippen LogP contribution in [0.2, 0.25) is 0 Å². The molecule has 0 radical (unpaired) electrons. The van der Waals surface area contributed by atoms with Crippen molar-refractivity contribution in [1.82, 2.24) is 0 Å². The van der Waals surface area contributed by atoms with Gasteiger partial charge in [0.05, 0.1) is 0 Å². The van der Waals surface area contributed by atoms with Gasteiger partial charge in [-0.25, -0.2) is 0 Å². The van der Waals surface area contributed by atoms with Crippen molar-refractivity contribution in [2.75, 3.05) is 5.73 Å². The summed E-state index contributed by atoms with van der Waals surface area (Å²) in [5.74, 6) is 2.27. The third kappa shape index (κ3) is 3.27. The molecule has 0 atom stereocenters. The van der Waals surface area contributed by atoms with Crippen molar-refractivity contribution in [1.29, 1.82) is 0 Å². The Morgan fingerprint density at radius 1 is 1.00 bits per heavy atom. The summed E-state index contributed by atoms with van der Waals surface area (Å²) in [6.07, 6.45) is 0.970. The van der Waals surface area contributed by atoms with Crippen molar-refractivity contribution in [3.63, 3.8) is 0 Å². The van der Waals surface area contributed by atoms with E-state index < -0.39 is 0 Å². The molecule has 0 aromatic heterocycles.